The minimum absolute atomic E-state index is 0.159. The van der Waals surface area contributed by atoms with Crippen molar-refractivity contribution >= 4 is 83.0 Å². The summed E-state index contributed by atoms with van der Waals surface area (Å²) in [7, 11) is -1.76. The number of nitrogens with zero attached hydrogens (tertiary/aromatic N) is 3. The summed E-state index contributed by atoms with van der Waals surface area (Å²) < 4.78 is 10.7. The highest BCUT2D eigenvalue weighted by Gasteiger charge is 2.45. The van der Waals surface area contributed by atoms with Crippen molar-refractivity contribution in [2.45, 2.75) is 71.1 Å². The van der Waals surface area contributed by atoms with Gasteiger partial charge in [0.25, 0.3) is 0 Å². The van der Waals surface area contributed by atoms with Crippen molar-refractivity contribution in [2.75, 3.05) is 0 Å². The zero-order chi connectivity index (χ0) is 46.7. The van der Waals surface area contributed by atoms with E-state index in [4.69, 9.17) is 6.58 Å². The van der Waals surface area contributed by atoms with E-state index in [2.05, 4.69) is 223 Å². The van der Waals surface area contributed by atoms with Crippen molar-refractivity contribution in [3.8, 4) is 39.5 Å². The van der Waals surface area contributed by atoms with Gasteiger partial charge in [-0.3, -0.25) is 0 Å². The first-order chi connectivity index (χ1) is 33.6. The third kappa shape index (κ3) is 6.65. The Morgan fingerprint density at radius 2 is 1.39 bits per heavy atom. The Morgan fingerprint density at radius 3 is 2.19 bits per heavy atom. The lowest BCUT2D eigenvalue weighted by Gasteiger charge is -2.33. The zero-order valence-electron chi connectivity index (χ0n) is 40.3. The van der Waals surface area contributed by atoms with Crippen LogP contribution in [0.1, 0.15) is 55.3 Å². The topological polar surface area (TPSA) is 12.7 Å². The number of hydrogen-bond acceptors (Lipinski definition) is 1. The summed E-state index contributed by atoms with van der Waals surface area (Å²) in [6.45, 7) is 17.7. The van der Waals surface area contributed by atoms with Gasteiger partial charge in [0.2, 0.25) is 5.69 Å². The molecule has 2 aliphatic rings. The summed E-state index contributed by atoms with van der Waals surface area (Å²) in [5.74, 6) is 2.03. The molecule has 2 atom stereocenters. The predicted molar refractivity (Wildman–Crippen MR) is 296 cm³/mol. The SMILES string of the molecule is C=C1CC2C(CCc3ccc4c(sc5ccccc54)c3-c3n(-c4c(-c5ccccc5)ccc5ccccc45)c4ccc5ccccc5c4[n+]31)c1ccccc1-c1cc(CC(C)C)c([Si](C)(C)C)c[n+]12. The highest BCUT2D eigenvalue weighted by atomic mass is 32.1. The number of pyridine rings is 1. The lowest BCUT2D eigenvalue weighted by Crippen LogP contribution is -2.54. The average molecular weight is 928 g/mol. The summed E-state index contributed by atoms with van der Waals surface area (Å²) >= 11 is 1.95. The number of thiophene rings is 1. The zero-order valence-corrected chi connectivity index (χ0v) is 42.1. The van der Waals surface area contributed by atoms with Crippen molar-refractivity contribution in [3.05, 3.63) is 199 Å². The molecule has 0 saturated heterocycles. The smallest absolute Gasteiger partial charge is 0.195 e. The van der Waals surface area contributed by atoms with Crippen LogP contribution in [-0.4, -0.2) is 12.6 Å². The van der Waals surface area contributed by atoms with Gasteiger partial charge in [0.05, 0.1) is 24.8 Å². The minimum Gasteiger partial charge on any atom is -0.195 e. The van der Waals surface area contributed by atoms with Gasteiger partial charge in [-0.1, -0.05) is 167 Å². The first-order valence-electron chi connectivity index (χ1n) is 25.0. The molecule has 0 spiro atoms. The highest BCUT2D eigenvalue weighted by Crippen LogP contribution is 2.49. The Hall–Kier alpha value is -6.92. The van der Waals surface area contributed by atoms with E-state index in [0.29, 0.717) is 5.92 Å². The van der Waals surface area contributed by atoms with Crippen molar-refractivity contribution in [1.29, 1.82) is 0 Å². The van der Waals surface area contributed by atoms with Crippen LogP contribution >= 0.6 is 11.3 Å². The molecule has 336 valence electrons. The summed E-state index contributed by atoms with van der Waals surface area (Å²) in [5.41, 5.74) is 15.5. The van der Waals surface area contributed by atoms with E-state index in [9.17, 15) is 0 Å². The molecule has 0 N–H and O–H groups in total. The van der Waals surface area contributed by atoms with Crippen LogP contribution in [0.2, 0.25) is 19.6 Å². The van der Waals surface area contributed by atoms with Gasteiger partial charge in [0.1, 0.15) is 11.4 Å². The standard InChI is InChI=1S/C64H57N3SSi/c1-40(2)36-46-38-57-51-25-15-14-24-50(51)52-33-29-45-30-34-54-53-26-16-17-27-58(53)68-63(54)60(45)64-66(41(3)37-56(52)65(57)39-59(46)69(4,5)6)62-48-23-13-11-21-44(48)31-35-55(62)67(64)61-47-22-12-10-20-43(47)28-32-49(61)42-18-8-7-9-19-42/h7-28,30-32,34-35,38-40,52,56H,3,29,33,36-37H2,1-2,4-6H3/q+2. The van der Waals surface area contributed by atoms with E-state index in [0.717, 1.165) is 31.4 Å². The van der Waals surface area contributed by atoms with Crippen LogP contribution < -0.4 is 14.3 Å². The van der Waals surface area contributed by atoms with Gasteiger partial charge < -0.3 is 0 Å². The molecule has 69 heavy (non-hydrogen) atoms. The second kappa shape index (κ2) is 16.1. The first-order valence-corrected chi connectivity index (χ1v) is 29.3. The van der Waals surface area contributed by atoms with Crippen LogP contribution in [-0.2, 0) is 12.8 Å². The van der Waals surface area contributed by atoms with Crippen LogP contribution in [0, 0.1) is 5.92 Å². The molecular formula is C64H57N3SSi+2. The number of hydrogen-bond donors (Lipinski definition) is 0. The van der Waals surface area contributed by atoms with E-state index in [-0.39, 0.29) is 12.0 Å². The van der Waals surface area contributed by atoms with E-state index in [1.807, 2.05) is 11.3 Å². The fraction of sp³-hybridized carbons (Fsp3) is 0.188. The van der Waals surface area contributed by atoms with E-state index >= 15 is 0 Å². The van der Waals surface area contributed by atoms with Gasteiger partial charge in [0.15, 0.2) is 23.3 Å². The molecule has 11 aromatic rings. The van der Waals surface area contributed by atoms with Crippen LogP contribution in [0.3, 0.4) is 0 Å². The number of benzene rings is 8. The third-order valence-electron chi connectivity index (χ3n) is 15.4. The second-order valence-electron chi connectivity index (χ2n) is 21.2. The summed E-state index contributed by atoms with van der Waals surface area (Å²) in [5, 5.41) is 9.12. The maximum atomic E-state index is 5.33. The van der Waals surface area contributed by atoms with Crippen LogP contribution in [0.15, 0.2) is 183 Å². The maximum absolute atomic E-state index is 5.33. The Labute approximate surface area is 410 Å². The average Bonchev–Trinajstić information content (AvgIpc) is 3.91. The van der Waals surface area contributed by atoms with Gasteiger partial charge in [-0.2, -0.15) is 13.7 Å². The maximum Gasteiger partial charge on any atom is 0.301 e. The first kappa shape index (κ1) is 42.2. The normalized spacial score (nSPS) is 15.9. The number of imidazole rings is 1. The number of fused-ring (bicyclic) bond motifs is 18. The van der Waals surface area contributed by atoms with Crippen LogP contribution in [0.4, 0.5) is 0 Å². The summed E-state index contributed by atoms with van der Waals surface area (Å²) in [6, 6.07) is 64.5. The Balaban J connectivity index is 1.19. The van der Waals surface area contributed by atoms with Crippen molar-refractivity contribution in [3.63, 3.8) is 0 Å². The Kier molecular flexibility index (Phi) is 9.84. The second-order valence-corrected chi connectivity index (χ2v) is 27.3. The molecule has 0 aliphatic carbocycles. The molecular weight excluding hydrogens is 871 g/mol. The van der Waals surface area contributed by atoms with E-state index < -0.39 is 8.07 Å². The molecule has 2 unspecified atom stereocenters. The Morgan fingerprint density at radius 1 is 0.696 bits per heavy atom. The lowest BCUT2D eigenvalue weighted by atomic mass is 9.77. The molecule has 0 amide bonds. The van der Waals surface area contributed by atoms with Gasteiger partial charge >= 0.3 is 5.82 Å². The molecule has 0 radical (unpaired) electrons. The molecule has 5 heterocycles. The molecule has 2 aliphatic heterocycles. The van der Waals surface area contributed by atoms with E-state index in [1.165, 1.54) is 109 Å². The van der Waals surface area contributed by atoms with Gasteiger partial charge in [-0.05, 0) is 94.6 Å². The van der Waals surface area contributed by atoms with Crippen LogP contribution in [0.25, 0.3) is 97.9 Å². The molecule has 5 heteroatoms. The highest BCUT2D eigenvalue weighted by molar-refractivity contribution is 7.26. The molecule has 13 rings (SSSR count). The number of allylic oxidation sites excluding steroid dienone is 1. The summed E-state index contributed by atoms with van der Waals surface area (Å²) in [4.78, 5) is 0. The molecule has 0 bridgehead atoms. The quantitative estimate of drug-likeness (QED) is 0.120. The monoisotopic (exact) mass is 927 g/mol. The number of aryl methyl sites for hydroxylation is 1. The van der Waals surface area contributed by atoms with Gasteiger partial charge in [0, 0.05) is 54.5 Å². The van der Waals surface area contributed by atoms with Crippen LogP contribution in [0.5, 0.6) is 0 Å². The fourth-order valence-corrected chi connectivity index (χ4v) is 15.4. The minimum atomic E-state index is -1.76. The fourth-order valence-electron chi connectivity index (χ4n) is 12.4. The predicted octanol–water partition coefficient (Wildman–Crippen LogP) is 15.8. The Bertz CT molecular complexity index is 3900. The summed E-state index contributed by atoms with van der Waals surface area (Å²) in [6.07, 6.45) is 6.47. The number of aromatic nitrogens is 3. The lowest BCUT2D eigenvalue weighted by molar-refractivity contribution is -0.719. The molecule has 0 fully saturated rings. The number of rotatable bonds is 5. The molecule has 8 aromatic carbocycles. The van der Waals surface area contributed by atoms with Gasteiger partial charge in [-0.15, -0.1) is 11.3 Å². The van der Waals surface area contributed by atoms with Crippen molar-refractivity contribution < 1.29 is 9.13 Å². The largest absolute Gasteiger partial charge is 0.301 e. The molecule has 3 nitrogen and oxygen atoms in total. The molecule has 0 saturated carbocycles. The van der Waals surface area contributed by atoms with Crippen molar-refractivity contribution in [2.24, 2.45) is 5.92 Å². The molecule has 3 aromatic heterocycles. The van der Waals surface area contributed by atoms with Crippen molar-refractivity contribution in [1.82, 2.24) is 4.57 Å². The van der Waals surface area contributed by atoms with E-state index in [1.54, 1.807) is 5.19 Å². The third-order valence-corrected chi connectivity index (χ3v) is 18.7. The van der Waals surface area contributed by atoms with Gasteiger partial charge in [-0.25, -0.2) is 0 Å².